The first-order valence-corrected chi connectivity index (χ1v) is 10.7. The van der Waals surface area contributed by atoms with Gasteiger partial charge < -0.3 is 9.88 Å². The second-order valence-corrected chi connectivity index (χ2v) is 7.86. The van der Waals surface area contributed by atoms with E-state index < -0.39 is 0 Å². The number of nitrogens with zero attached hydrogens (tertiary/aromatic N) is 3. The molecule has 0 spiro atoms. The number of carbonyl (C=O) groups excluding carboxylic acids is 1. The molecule has 0 atom stereocenters. The van der Waals surface area contributed by atoms with Crippen LogP contribution in [0.25, 0.3) is 0 Å². The lowest BCUT2D eigenvalue weighted by atomic mass is 10.1. The van der Waals surface area contributed by atoms with Crippen LogP contribution in [0.1, 0.15) is 65.5 Å². The third-order valence-corrected chi connectivity index (χ3v) is 5.74. The van der Waals surface area contributed by atoms with Gasteiger partial charge in [-0.05, 0) is 51.0 Å². The largest absolute Gasteiger partial charge is 0.352 e. The zero-order valence-corrected chi connectivity index (χ0v) is 16.7. The molecule has 0 bridgehead atoms. The maximum atomic E-state index is 12.4. The smallest absolute Gasteiger partial charge is 0.251 e. The number of hydrogen-bond donors (Lipinski definition) is 1. The first-order chi connectivity index (χ1) is 12.6. The van der Waals surface area contributed by atoms with E-state index >= 15 is 0 Å². The molecule has 140 valence electrons. The fourth-order valence-electron chi connectivity index (χ4n) is 3.76. The van der Waals surface area contributed by atoms with Crippen LogP contribution in [0.2, 0.25) is 0 Å². The van der Waals surface area contributed by atoms with E-state index in [-0.39, 0.29) is 5.91 Å². The summed E-state index contributed by atoms with van der Waals surface area (Å²) in [6, 6.07) is 6.48. The average Bonchev–Trinajstić information content (AvgIpc) is 3.27. The lowest BCUT2D eigenvalue weighted by molar-refractivity contribution is 0.0952. The Labute approximate surface area is 160 Å². The summed E-state index contributed by atoms with van der Waals surface area (Å²) >= 11 is 1.67. The van der Waals surface area contributed by atoms with Crippen molar-refractivity contribution in [1.82, 2.24) is 20.1 Å². The number of aromatic nitrogens is 3. The Morgan fingerprint density at radius 1 is 1.27 bits per heavy atom. The second-order valence-electron chi connectivity index (χ2n) is 7.09. The van der Waals surface area contributed by atoms with Crippen molar-refractivity contribution in [3.63, 3.8) is 0 Å². The van der Waals surface area contributed by atoms with Crippen molar-refractivity contribution < 1.29 is 4.79 Å². The third kappa shape index (κ3) is 4.29. The zero-order valence-electron chi connectivity index (χ0n) is 15.9. The molecule has 0 aliphatic heterocycles. The molecule has 0 unspecified atom stereocenters. The van der Waals surface area contributed by atoms with Gasteiger partial charge in [0.1, 0.15) is 5.82 Å². The SMILES string of the molecule is CSc1nnc(CCCNC(=O)c2ccc(C)cc2C)n1C1CCCC1. The van der Waals surface area contributed by atoms with Gasteiger partial charge in [0.15, 0.2) is 5.16 Å². The third-order valence-electron chi connectivity index (χ3n) is 5.10. The molecular weight excluding hydrogens is 344 g/mol. The Kier molecular flexibility index (Phi) is 6.35. The number of amides is 1. The van der Waals surface area contributed by atoms with Crippen LogP contribution >= 0.6 is 11.8 Å². The molecule has 3 rings (SSSR count). The number of benzene rings is 1. The van der Waals surface area contributed by atoms with Crippen molar-refractivity contribution in [3.8, 4) is 0 Å². The van der Waals surface area contributed by atoms with Gasteiger partial charge >= 0.3 is 0 Å². The Morgan fingerprint density at radius 3 is 2.73 bits per heavy atom. The van der Waals surface area contributed by atoms with Crippen LogP contribution in [0, 0.1) is 13.8 Å². The van der Waals surface area contributed by atoms with Gasteiger partial charge in [0.05, 0.1) is 0 Å². The van der Waals surface area contributed by atoms with Gasteiger partial charge in [-0.3, -0.25) is 4.79 Å². The Balaban J connectivity index is 1.55. The molecule has 1 aromatic carbocycles. The first kappa shape index (κ1) is 19.0. The van der Waals surface area contributed by atoms with Gasteiger partial charge in [-0.25, -0.2) is 0 Å². The lowest BCUT2D eigenvalue weighted by Gasteiger charge is -2.16. The van der Waals surface area contributed by atoms with Gasteiger partial charge in [0.25, 0.3) is 5.91 Å². The van der Waals surface area contributed by atoms with Crippen LogP contribution in [0.3, 0.4) is 0 Å². The number of rotatable bonds is 7. The maximum absolute atomic E-state index is 12.4. The minimum Gasteiger partial charge on any atom is -0.352 e. The monoisotopic (exact) mass is 372 g/mol. The summed E-state index contributed by atoms with van der Waals surface area (Å²) in [5, 5.41) is 12.8. The van der Waals surface area contributed by atoms with E-state index in [1.807, 2.05) is 32.0 Å². The van der Waals surface area contributed by atoms with Crippen molar-refractivity contribution in [2.24, 2.45) is 0 Å². The normalized spacial score (nSPS) is 14.7. The topological polar surface area (TPSA) is 59.8 Å². The van der Waals surface area contributed by atoms with Gasteiger partial charge in [-0.1, -0.05) is 42.3 Å². The van der Waals surface area contributed by atoms with Gasteiger partial charge in [0.2, 0.25) is 0 Å². The lowest BCUT2D eigenvalue weighted by Crippen LogP contribution is -2.25. The average molecular weight is 373 g/mol. The predicted molar refractivity (Wildman–Crippen MR) is 106 cm³/mol. The summed E-state index contributed by atoms with van der Waals surface area (Å²) in [4.78, 5) is 12.4. The van der Waals surface area contributed by atoms with E-state index in [0.717, 1.165) is 34.9 Å². The number of hydrogen-bond acceptors (Lipinski definition) is 4. The molecule has 1 amide bonds. The minimum atomic E-state index is 0.00422. The molecule has 0 radical (unpaired) electrons. The second kappa shape index (κ2) is 8.71. The predicted octanol–water partition coefficient (Wildman–Crippen LogP) is 4.09. The van der Waals surface area contributed by atoms with Gasteiger partial charge in [0, 0.05) is 24.6 Å². The van der Waals surface area contributed by atoms with Gasteiger partial charge in [-0.2, -0.15) is 0 Å². The molecule has 1 heterocycles. The van der Waals surface area contributed by atoms with E-state index in [4.69, 9.17) is 0 Å². The van der Waals surface area contributed by atoms with E-state index in [1.54, 1.807) is 11.8 Å². The summed E-state index contributed by atoms with van der Waals surface area (Å²) in [6.07, 6.45) is 8.81. The van der Waals surface area contributed by atoms with Crippen LogP contribution in [-0.4, -0.2) is 33.5 Å². The van der Waals surface area contributed by atoms with Crippen LogP contribution in [-0.2, 0) is 6.42 Å². The molecule has 1 saturated carbocycles. The maximum Gasteiger partial charge on any atom is 0.251 e. The number of aryl methyl sites for hydroxylation is 3. The molecule has 5 nitrogen and oxygen atoms in total. The fourth-order valence-corrected chi connectivity index (χ4v) is 4.33. The molecule has 2 aromatic rings. The van der Waals surface area contributed by atoms with Gasteiger partial charge in [-0.15, -0.1) is 10.2 Å². The van der Waals surface area contributed by atoms with Crippen LogP contribution in [0.5, 0.6) is 0 Å². The van der Waals surface area contributed by atoms with Crippen molar-refractivity contribution in [1.29, 1.82) is 0 Å². The molecule has 1 aliphatic carbocycles. The number of thioether (sulfide) groups is 1. The Morgan fingerprint density at radius 2 is 2.04 bits per heavy atom. The van der Waals surface area contributed by atoms with E-state index in [2.05, 4.69) is 26.3 Å². The molecule has 1 aromatic heterocycles. The number of nitrogens with one attached hydrogen (secondary N) is 1. The minimum absolute atomic E-state index is 0.00422. The summed E-state index contributed by atoms with van der Waals surface area (Å²) < 4.78 is 2.34. The highest BCUT2D eigenvalue weighted by Gasteiger charge is 2.23. The van der Waals surface area contributed by atoms with Crippen molar-refractivity contribution in [3.05, 3.63) is 40.7 Å². The summed E-state index contributed by atoms with van der Waals surface area (Å²) in [6.45, 7) is 4.67. The first-order valence-electron chi connectivity index (χ1n) is 9.43. The van der Waals surface area contributed by atoms with E-state index in [1.165, 1.54) is 31.2 Å². The zero-order chi connectivity index (χ0) is 18.5. The van der Waals surface area contributed by atoms with Crippen molar-refractivity contribution in [2.45, 2.75) is 63.6 Å². The molecule has 6 heteroatoms. The molecule has 1 aliphatic rings. The summed E-state index contributed by atoms with van der Waals surface area (Å²) in [5.74, 6) is 1.06. The van der Waals surface area contributed by atoms with E-state index in [9.17, 15) is 4.79 Å². The van der Waals surface area contributed by atoms with Crippen LogP contribution in [0.4, 0.5) is 0 Å². The summed E-state index contributed by atoms with van der Waals surface area (Å²) in [5.41, 5.74) is 2.96. The van der Waals surface area contributed by atoms with Crippen molar-refractivity contribution >= 4 is 17.7 Å². The highest BCUT2D eigenvalue weighted by molar-refractivity contribution is 7.98. The summed E-state index contributed by atoms with van der Waals surface area (Å²) in [7, 11) is 0. The highest BCUT2D eigenvalue weighted by atomic mass is 32.2. The molecule has 0 saturated heterocycles. The fraction of sp³-hybridized carbons (Fsp3) is 0.550. The van der Waals surface area contributed by atoms with Crippen LogP contribution < -0.4 is 5.32 Å². The molecule has 26 heavy (non-hydrogen) atoms. The Bertz CT molecular complexity index is 765. The molecule has 1 N–H and O–H groups in total. The van der Waals surface area contributed by atoms with E-state index in [0.29, 0.717) is 12.6 Å². The molecular formula is C20H28N4OS. The quantitative estimate of drug-likeness (QED) is 0.587. The van der Waals surface area contributed by atoms with Crippen molar-refractivity contribution in [2.75, 3.05) is 12.8 Å². The molecule has 1 fully saturated rings. The standard InChI is InChI=1S/C20H28N4OS/c1-14-10-11-17(15(2)13-14)19(25)21-12-6-9-18-22-23-20(26-3)24(18)16-7-4-5-8-16/h10-11,13,16H,4-9,12H2,1-3H3,(H,21,25). The van der Waals surface area contributed by atoms with Crippen LogP contribution in [0.15, 0.2) is 23.4 Å². The Hall–Kier alpha value is -1.82. The highest BCUT2D eigenvalue weighted by Crippen LogP contribution is 2.33. The number of carbonyl (C=O) groups is 1.